The van der Waals surface area contributed by atoms with Crippen molar-refractivity contribution in [2.75, 3.05) is 12.4 Å². The number of methoxy groups -OCH3 is 1. The molecular formula is C19H19N3O3. The van der Waals surface area contributed by atoms with Crippen LogP contribution in [0, 0.1) is 30.9 Å². The minimum absolute atomic E-state index is 0.0570. The number of nitro benzene ring substituents is 1. The molecule has 0 aliphatic rings. The number of anilines is 2. The Bertz CT molecular complexity index is 966. The number of hydrogen-bond acceptors (Lipinski definition) is 5. The smallest absolute Gasteiger partial charge is 0.281 e. The summed E-state index contributed by atoms with van der Waals surface area (Å²) in [5.74, 6) is 0.749. The van der Waals surface area contributed by atoms with Gasteiger partial charge in [0.1, 0.15) is 11.1 Å². The molecule has 0 aliphatic heterocycles. The van der Waals surface area contributed by atoms with Gasteiger partial charge < -0.3 is 10.1 Å². The monoisotopic (exact) mass is 337 g/mol. The number of nitrogens with one attached hydrogen (secondary N) is 1. The minimum atomic E-state index is -0.356. The zero-order valence-corrected chi connectivity index (χ0v) is 14.6. The first-order valence-electron chi connectivity index (χ1n) is 7.87. The number of pyridine rings is 1. The van der Waals surface area contributed by atoms with Crippen LogP contribution in [-0.2, 0) is 0 Å². The van der Waals surface area contributed by atoms with Crippen molar-refractivity contribution in [2.24, 2.45) is 0 Å². The van der Waals surface area contributed by atoms with Gasteiger partial charge in [-0.1, -0.05) is 0 Å². The van der Waals surface area contributed by atoms with Crippen LogP contribution in [0.5, 0.6) is 5.75 Å². The number of rotatable bonds is 4. The van der Waals surface area contributed by atoms with Gasteiger partial charge in [0, 0.05) is 17.4 Å². The van der Waals surface area contributed by atoms with Crippen LogP contribution in [0.3, 0.4) is 0 Å². The maximum atomic E-state index is 11.6. The van der Waals surface area contributed by atoms with Crippen molar-refractivity contribution in [3.8, 4) is 5.75 Å². The van der Waals surface area contributed by atoms with E-state index in [4.69, 9.17) is 4.74 Å². The van der Waals surface area contributed by atoms with E-state index in [2.05, 4.69) is 10.3 Å². The first-order valence-corrected chi connectivity index (χ1v) is 7.87. The summed E-state index contributed by atoms with van der Waals surface area (Å²) in [7, 11) is 1.61. The molecular weight excluding hydrogens is 318 g/mol. The van der Waals surface area contributed by atoms with Gasteiger partial charge in [0.2, 0.25) is 0 Å². The number of fused-ring (bicyclic) bond motifs is 1. The lowest BCUT2D eigenvalue weighted by molar-refractivity contribution is -0.383. The van der Waals surface area contributed by atoms with E-state index in [1.807, 2.05) is 51.1 Å². The van der Waals surface area contributed by atoms with E-state index in [-0.39, 0.29) is 10.6 Å². The third-order valence-corrected chi connectivity index (χ3v) is 4.27. The Balaban J connectivity index is 2.22. The molecule has 3 aromatic rings. The van der Waals surface area contributed by atoms with Gasteiger partial charge in [0.25, 0.3) is 5.69 Å². The highest BCUT2D eigenvalue weighted by Crippen LogP contribution is 2.37. The van der Waals surface area contributed by atoms with E-state index in [0.29, 0.717) is 16.6 Å². The molecule has 0 fully saturated rings. The molecule has 0 spiro atoms. The summed E-state index contributed by atoms with van der Waals surface area (Å²) in [6.07, 6.45) is 0. The molecule has 3 rings (SSSR count). The first-order chi connectivity index (χ1) is 11.9. The highest BCUT2D eigenvalue weighted by Gasteiger charge is 2.20. The molecule has 0 saturated carbocycles. The number of non-ortho nitro benzene ring substituents is 1. The zero-order chi connectivity index (χ0) is 18.1. The number of aryl methyl sites for hydroxylation is 3. The van der Waals surface area contributed by atoms with Crippen LogP contribution in [0.1, 0.15) is 16.8 Å². The van der Waals surface area contributed by atoms with E-state index in [1.54, 1.807) is 13.2 Å². The molecule has 1 N–H and O–H groups in total. The quantitative estimate of drug-likeness (QED) is 0.545. The fourth-order valence-electron chi connectivity index (χ4n) is 2.85. The van der Waals surface area contributed by atoms with Crippen molar-refractivity contribution >= 4 is 28.0 Å². The largest absolute Gasteiger partial charge is 0.497 e. The molecule has 6 heteroatoms. The molecule has 0 bridgehead atoms. The summed E-state index contributed by atoms with van der Waals surface area (Å²) in [5.41, 5.74) is 4.80. The van der Waals surface area contributed by atoms with Crippen LogP contribution in [0.25, 0.3) is 10.9 Å². The molecule has 1 aromatic heterocycles. The Morgan fingerprint density at radius 1 is 1.12 bits per heavy atom. The Morgan fingerprint density at radius 3 is 2.40 bits per heavy atom. The number of nitrogens with zero attached hydrogens (tertiary/aromatic N) is 2. The SMILES string of the molecule is COc1ccc(Nc2cc(C)nc3c(C)c(C)cc([N+](=O)[O-])c23)cc1. The van der Waals surface area contributed by atoms with Crippen molar-refractivity contribution in [1.82, 2.24) is 4.98 Å². The van der Waals surface area contributed by atoms with Gasteiger partial charge in [0.15, 0.2) is 0 Å². The van der Waals surface area contributed by atoms with Crippen LogP contribution < -0.4 is 10.1 Å². The first kappa shape index (κ1) is 16.7. The highest BCUT2D eigenvalue weighted by molar-refractivity contribution is 6.02. The second kappa shape index (κ2) is 6.39. The number of aromatic nitrogens is 1. The topological polar surface area (TPSA) is 77.3 Å². The Hall–Kier alpha value is -3.15. The summed E-state index contributed by atoms with van der Waals surface area (Å²) in [6.45, 7) is 5.68. The Kier molecular flexibility index (Phi) is 4.27. The van der Waals surface area contributed by atoms with Crippen LogP contribution in [0.2, 0.25) is 0 Å². The van der Waals surface area contributed by atoms with Gasteiger partial charge in [-0.05, 0) is 62.2 Å². The molecule has 0 aliphatic carbocycles. The highest BCUT2D eigenvalue weighted by atomic mass is 16.6. The zero-order valence-electron chi connectivity index (χ0n) is 14.6. The van der Waals surface area contributed by atoms with Crippen molar-refractivity contribution in [3.05, 3.63) is 63.3 Å². The number of benzene rings is 2. The van der Waals surface area contributed by atoms with Gasteiger partial charge in [-0.3, -0.25) is 15.1 Å². The molecule has 0 radical (unpaired) electrons. The van der Waals surface area contributed by atoms with E-state index in [9.17, 15) is 10.1 Å². The van der Waals surface area contributed by atoms with E-state index < -0.39 is 0 Å². The van der Waals surface area contributed by atoms with Gasteiger partial charge in [0.05, 0.1) is 23.2 Å². The maximum Gasteiger partial charge on any atom is 0.281 e. The average Bonchev–Trinajstić information content (AvgIpc) is 2.58. The lowest BCUT2D eigenvalue weighted by Gasteiger charge is -2.14. The van der Waals surface area contributed by atoms with Crippen LogP contribution in [-0.4, -0.2) is 17.0 Å². The Labute approximate surface area is 145 Å². The molecule has 0 saturated heterocycles. The van der Waals surface area contributed by atoms with E-state index in [0.717, 1.165) is 28.3 Å². The van der Waals surface area contributed by atoms with E-state index in [1.165, 1.54) is 0 Å². The third kappa shape index (κ3) is 3.10. The molecule has 0 atom stereocenters. The van der Waals surface area contributed by atoms with Gasteiger partial charge in [-0.15, -0.1) is 0 Å². The summed E-state index contributed by atoms with van der Waals surface area (Å²) in [6, 6.07) is 10.8. The maximum absolute atomic E-state index is 11.6. The minimum Gasteiger partial charge on any atom is -0.497 e. The molecule has 6 nitrogen and oxygen atoms in total. The molecule has 1 heterocycles. The van der Waals surface area contributed by atoms with E-state index >= 15 is 0 Å². The molecule has 128 valence electrons. The normalized spacial score (nSPS) is 10.7. The predicted molar refractivity (Wildman–Crippen MR) is 98.9 cm³/mol. The van der Waals surface area contributed by atoms with Gasteiger partial charge >= 0.3 is 0 Å². The summed E-state index contributed by atoms with van der Waals surface area (Å²) in [4.78, 5) is 15.8. The molecule has 25 heavy (non-hydrogen) atoms. The summed E-state index contributed by atoms with van der Waals surface area (Å²) < 4.78 is 5.16. The van der Waals surface area contributed by atoms with Crippen molar-refractivity contribution in [2.45, 2.75) is 20.8 Å². The van der Waals surface area contributed by atoms with Crippen molar-refractivity contribution in [1.29, 1.82) is 0 Å². The second-order valence-corrected chi connectivity index (χ2v) is 5.98. The molecule has 2 aromatic carbocycles. The fraction of sp³-hybridized carbons (Fsp3) is 0.211. The molecule has 0 unspecified atom stereocenters. The number of nitro groups is 1. The lowest BCUT2D eigenvalue weighted by atomic mass is 10.0. The lowest BCUT2D eigenvalue weighted by Crippen LogP contribution is -2.01. The standard InChI is InChI=1S/C19H19N3O3/c1-11-9-17(22(23)24)18-16(10-12(2)20-19(18)13(11)3)21-14-5-7-15(25-4)8-6-14/h5-10H,1-4H3,(H,20,21). The number of ether oxygens (including phenoxy) is 1. The summed E-state index contributed by atoms with van der Waals surface area (Å²) >= 11 is 0. The van der Waals surface area contributed by atoms with Crippen molar-refractivity contribution < 1.29 is 9.66 Å². The number of hydrogen-bond donors (Lipinski definition) is 1. The van der Waals surface area contributed by atoms with Crippen molar-refractivity contribution in [3.63, 3.8) is 0 Å². The van der Waals surface area contributed by atoms with Gasteiger partial charge in [-0.2, -0.15) is 0 Å². The third-order valence-electron chi connectivity index (χ3n) is 4.27. The Morgan fingerprint density at radius 2 is 1.80 bits per heavy atom. The van der Waals surface area contributed by atoms with Crippen LogP contribution >= 0.6 is 0 Å². The van der Waals surface area contributed by atoms with Crippen LogP contribution in [0.15, 0.2) is 36.4 Å². The van der Waals surface area contributed by atoms with Gasteiger partial charge in [-0.25, -0.2) is 0 Å². The second-order valence-electron chi connectivity index (χ2n) is 5.98. The average molecular weight is 337 g/mol. The summed E-state index contributed by atoms with van der Waals surface area (Å²) in [5, 5.41) is 15.4. The predicted octanol–water partition coefficient (Wildman–Crippen LogP) is 4.82. The fourth-order valence-corrected chi connectivity index (χ4v) is 2.85. The molecule has 0 amide bonds. The van der Waals surface area contributed by atoms with Crippen LogP contribution in [0.4, 0.5) is 17.1 Å².